The number of hydrogen-bond donors (Lipinski definition) is 0. The molecule has 1 amide bonds. The minimum Gasteiger partial charge on any atom is -0.338 e. The molecule has 0 bridgehead atoms. The van der Waals surface area contributed by atoms with Crippen LogP contribution in [0.25, 0.3) is 11.3 Å². The lowest BCUT2D eigenvalue weighted by Crippen LogP contribution is -2.47. The minimum absolute atomic E-state index is 0.152. The van der Waals surface area contributed by atoms with Crippen molar-refractivity contribution in [2.75, 3.05) is 33.2 Å². The predicted molar refractivity (Wildman–Crippen MR) is 111 cm³/mol. The number of nitrogens with zero attached hydrogens (tertiary/aromatic N) is 4. The molecule has 1 aromatic heterocycles. The molecule has 2 saturated heterocycles. The third kappa shape index (κ3) is 3.68. The number of aryl methyl sites for hydroxylation is 2. The summed E-state index contributed by atoms with van der Waals surface area (Å²) in [7, 11) is 2.19. The summed E-state index contributed by atoms with van der Waals surface area (Å²) in [5.41, 5.74) is 4.11. The van der Waals surface area contributed by atoms with Gasteiger partial charge in [-0.3, -0.25) is 4.79 Å². The number of carbonyl (C=O) groups excluding carboxylic acids is 1. The maximum atomic E-state index is 13.3. The standard InChI is InChI=1S/C23H30N4O/c1-4-18-14-24-17(2)25-21(18)19-7-5-8-20(13-19)22(28)27-11-6-9-23(16-27)10-12-26(3)15-23/h5,7-8,13-14H,4,6,9-12,15-16H2,1-3H3. The monoisotopic (exact) mass is 378 g/mol. The van der Waals surface area contributed by atoms with Crippen molar-refractivity contribution in [3.8, 4) is 11.3 Å². The average Bonchev–Trinajstić information content (AvgIpc) is 3.07. The highest BCUT2D eigenvalue weighted by atomic mass is 16.2. The van der Waals surface area contributed by atoms with Crippen LogP contribution in [-0.4, -0.2) is 58.9 Å². The van der Waals surface area contributed by atoms with Gasteiger partial charge in [0.15, 0.2) is 0 Å². The molecule has 5 heteroatoms. The summed E-state index contributed by atoms with van der Waals surface area (Å²) < 4.78 is 0. The Morgan fingerprint density at radius 1 is 1.21 bits per heavy atom. The van der Waals surface area contributed by atoms with Crippen molar-refractivity contribution in [3.05, 3.63) is 47.4 Å². The van der Waals surface area contributed by atoms with Crippen LogP contribution in [0.3, 0.4) is 0 Å². The van der Waals surface area contributed by atoms with Gasteiger partial charge >= 0.3 is 0 Å². The second-order valence-electron chi connectivity index (χ2n) is 8.54. The van der Waals surface area contributed by atoms with E-state index in [1.807, 2.05) is 37.4 Å². The van der Waals surface area contributed by atoms with E-state index < -0.39 is 0 Å². The Bertz CT molecular complexity index is 877. The summed E-state index contributed by atoms with van der Waals surface area (Å²) in [4.78, 5) is 26.8. The first-order valence-electron chi connectivity index (χ1n) is 10.4. The van der Waals surface area contributed by atoms with Gasteiger partial charge in [-0.2, -0.15) is 0 Å². The number of carbonyl (C=O) groups is 1. The van der Waals surface area contributed by atoms with E-state index in [-0.39, 0.29) is 5.91 Å². The highest BCUT2D eigenvalue weighted by Crippen LogP contribution is 2.38. The van der Waals surface area contributed by atoms with E-state index in [0.717, 1.165) is 67.2 Å². The molecule has 1 aromatic carbocycles. The van der Waals surface area contributed by atoms with Gasteiger partial charge in [0.05, 0.1) is 5.69 Å². The first-order chi connectivity index (χ1) is 13.5. The Kier molecular flexibility index (Phi) is 5.19. The van der Waals surface area contributed by atoms with E-state index in [1.54, 1.807) is 0 Å². The lowest BCUT2D eigenvalue weighted by Gasteiger charge is -2.40. The van der Waals surface area contributed by atoms with Gasteiger partial charge in [0, 0.05) is 42.4 Å². The molecule has 1 spiro atoms. The Hall–Kier alpha value is -2.27. The van der Waals surface area contributed by atoms with Gasteiger partial charge in [0.25, 0.3) is 5.91 Å². The van der Waals surface area contributed by atoms with Crippen LogP contribution in [-0.2, 0) is 6.42 Å². The SMILES string of the molecule is CCc1cnc(C)nc1-c1cccc(C(=O)N2CCCC3(CCN(C)C3)C2)c1. The van der Waals surface area contributed by atoms with Gasteiger partial charge in [-0.1, -0.05) is 19.1 Å². The summed E-state index contributed by atoms with van der Waals surface area (Å²) in [6.07, 6.45) is 6.31. The summed E-state index contributed by atoms with van der Waals surface area (Å²) in [6.45, 7) is 8.01. The van der Waals surface area contributed by atoms with Gasteiger partial charge < -0.3 is 9.80 Å². The predicted octanol–water partition coefficient (Wildman–Crippen LogP) is 3.57. The van der Waals surface area contributed by atoms with E-state index in [0.29, 0.717) is 5.41 Å². The third-order valence-electron chi connectivity index (χ3n) is 6.33. The van der Waals surface area contributed by atoms with Crippen molar-refractivity contribution < 1.29 is 4.79 Å². The molecule has 1 unspecified atom stereocenters. The fourth-order valence-corrected chi connectivity index (χ4v) is 4.86. The van der Waals surface area contributed by atoms with Gasteiger partial charge in [-0.15, -0.1) is 0 Å². The quantitative estimate of drug-likeness (QED) is 0.819. The molecule has 0 saturated carbocycles. The lowest BCUT2D eigenvalue weighted by atomic mass is 9.79. The number of piperidine rings is 1. The van der Waals surface area contributed by atoms with Crippen molar-refractivity contribution in [1.82, 2.24) is 19.8 Å². The molecule has 5 nitrogen and oxygen atoms in total. The maximum Gasteiger partial charge on any atom is 0.253 e. The number of aromatic nitrogens is 2. The minimum atomic E-state index is 0.152. The summed E-state index contributed by atoms with van der Waals surface area (Å²) >= 11 is 0. The lowest BCUT2D eigenvalue weighted by molar-refractivity contribution is 0.0534. The molecule has 1 atom stereocenters. The van der Waals surface area contributed by atoms with Crippen LogP contribution in [0, 0.1) is 12.3 Å². The smallest absolute Gasteiger partial charge is 0.253 e. The van der Waals surface area contributed by atoms with E-state index in [9.17, 15) is 4.79 Å². The second kappa shape index (κ2) is 7.63. The molecule has 28 heavy (non-hydrogen) atoms. The Morgan fingerprint density at radius 2 is 2.07 bits per heavy atom. The van der Waals surface area contributed by atoms with Crippen LogP contribution in [0.2, 0.25) is 0 Å². The second-order valence-corrected chi connectivity index (χ2v) is 8.54. The third-order valence-corrected chi connectivity index (χ3v) is 6.33. The van der Waals surface area contributed by atoms with E-state index in [1.165, 1.54) is 12.8 Å². The van der Waals surface area contributed by atoms with Crippen molar-refractivity contribution in [2.45, 2.75) is 39.5 Å². The molecule has 0 radical (unpaired) electrons. The highest BCUT2D eigenvalue weighted by Gasteiger charge is 2.41. The van der Waals surface area contributed by atoms with Crippen LogP contribution >= 0.6 is 0 Å². The molecule has 0 N–H and O–H groups in total. The number of benzene rings is 1. The molecule has 148 valence electrons. The van der Waals surface area contributed by atoms with Gasteiger partial charge in [-0.05, 0) is 63.9 Å². The fraction of sp³-hybridized carbons (Fsp3) is 0.522. The Labute approximate surface area is 167 Å². The molecule has 2 aromatic rings. The van der Waals surface area contributed by atoms with Crippen molar-refractivity contribution in [2.24, 2.45) is 5.41 Å². The Balaban J connectivity index is 1.59. The molecular weight excluding hydrogens is 348 g/mol. The fourth-order valence-electron chi connectivity index (χ4n) is 4.86. The largest absolute Gasteiger partial charge is 0.338 e. The normalized spacial score (nSPS) is 22.8. The zero-order chi connectivity index (χ0) is 19.7. The molecule has 0 aliphatic carbocycles. The highest BCUT2D eigenvalue weighted by molar-refractivity contribution is 5.95. The van der Waals surface area contributed by atoms with Crippen LogP contribution in [0.5, 0.6) is 0 Å². The van der Waals surface area contributed by atoms with Crippen molar-refractivity contribution >= 4 is 5.91 Å². The molecule has 2 aliphatic rings. The van der Waals surface area contributed by atoms with Gasteiger partial charge in [-0.25, -0.2) is 9.97 Å². The van der Waals surface area contributed by atoms with Gasteiger partial charge in [0.1, 0.15) is 5.82 Å². The Morgan fingerprint density at radius 3 is 2.82 bits per heavy atom. The van der Waals surface area contributed by atoms with E-state index >= 15 is 0 Å². The van der Waals surface area contributed by atoms with Crippen LogP contribution in [0.15, 0.2) is 30.5 Å². The average molecular weight is 379 g/mol. The van der Waals surface area contributed by atoms with Gasteiger partial charge in [0.2, 0.25) is 0 Å². The summed E-state index contributed by atoms with van der Waals surface area (Å²) in [5.74, 6) is 0.909. The first kappa shape index (κ1) is 19.1. The zero-order valence-corrected chi connectivity index (χ0v) is 17.2. The van der Waals surface area contributed by atoms with E-state index in [2.05, 4.69) is 33.7 Å². The number of amides is 1. The topological polar surface area (TPSA) is 49.3 Å². The van der Waals surface area contributed by atoms with Crippen LogP contribution in [0.1, 0.15) is 47.9 Å². The first-order valence-corrected chi connectivity index (χ1v) is 10.4. The van der Waals surface area contributed by atoms with Crippen LogP contribution in [0.4, 0.5) is 0 Å². The number of rotatable bonds is 3. The van der Waals surface area contributed by atoms with Crippen LogP contribution < -0.4 is 0 Å². The molecule has 2 aliphatic heterocycles. The number of hydrogen-bond acceptors (Lipinski definition) is 4. The molecule has 3 heterocycles. The molecule has 2 fully saturated rings. The zero-order valence-electron chi connectivity index (χ0n) is 17.2. The van der Waals surface area contributed by atoms with E-state index in [4.69, 9.17) is 0 Å². The maximum absolute atomic E-state index is 13.3. The molecule has 4 rings (SSSR count). The number of likely N-dealkylation sites (tertiary alicyclic amines) is 2. The molecular formula is C23H30N4O. The van der Waals surface area contributed by atoms with Crippen molar-refractivity contribution in [3.63, 3.8) is 0 Å². The summed E-state index contributed by atoms with van der Waals surface area (Å²) in [5, 5.41) is 0. The summed E-state index contributed by atoms with van der Waals surface area (Å²) in [6, 6.07) is 7.96. The van der Waals surface area contributed by atoms with Crippen molar-refractivity contribution in [1.29, 1.82) is 0 Å².